The first-order chi connectivity index (χ1) is 8.81. The summed E-state index contributed by atoms with van der Waals surface area (Å²) in [5.41, 5.74) is 1.32. The highest BCUT2D eigenvalue weighted by Gasteiger charge is 2.22. The maximum Gasteiger partial charge on any atom is 0.156 e. The summed E-state index contributed by atoms with van der Waals surface area (Å²) in [7, 11) is 0. The molecule has 0 saturated heterocycles. The highest BCUT2D eigenvalue weighted by Crippen LogP contribution is 2.27. The van der Waals surface area contributed by atoms with Gasteiger partial charge in [0.15, 0.2) is 5.17 Å². The van der Waals surface area contributed by atoms with Crippen molar-refractivity contribution < 1.29 is 4.74 Å². The summed E-state index contributed by atoms with van der Waals surface area (Å²) in [4.78, 5) is 4.53. The van der Waals surface area contributed by atoms with E-state index >= 15 is 0 Å². The second-order valence-corrected chi connectivity index (χ2v) is 6.00. The minimum Gasteiger partial charge on any atom is -0.488 e. The molecule has 0 spiro atoms. The van der Waals surface area contributed by atoms with Crippen LogP contribution in [0.2, 0.25) is 0 Å². The normalized spacial score (nSPS) is 26.2. The topological polar surface area (TPSA) is 33.6 Å². The molecule has 0 aliphatic carbocycles. The Bertz CT molecular complexity index is 436. The van der Waals surface area contributed by atoms with Crippen molar-refractivity contribution >= 4 is 16.9 Å². The van der Waals surface area contributed by atoms with Crippen molar-refractivity contribution in [2.24, 2.45) is 10.9 Å². The van der Waals surface area contributed by atoms with Crippen LogP contribution in [0.1, 0.15) is 12.5 Å². The number of benzene rings is 1. The first-order valence-electron chi connectivity index (χ1n) is 6.47. The standard InChI is InChI=1S/C14H18N2OS/c1-10-7-15-14(18-9-10)16-8-12-6-11-4-2-3-5-13(11)17-12/h2-5,10,12H,6-9H2,1H3,(H,15,16). The molecule has 2 heterocycles. The molecule has 0 amide bonds. The van der Waals surface area contributed by atoms with E-state index < -0.39 is 0 Å². The molecule has 2 aliphatic heterocycles. The van der Waals surface area contributed by atoms with Gasteiger partial charge in [-0.05, 0) is 17.5 Å². The molecule has 0 fully saturated rings. The predicted molar refractivity (Wildman–Crippen MR) is 76.5 cm³/mol. The van der Waals surface area contributed by atoms with Gasteiger partial charge in [-0.2, -0.15) is 0 Å². The Labute approximate surface area is 112 Å². The molecule has 3 nitrogen and oxygen atoms in total. The molecular formula is C14H18N2OS. The first kappa shape index (κ1) is 11.9. The Balaban J connectivity index is 1.51. The molecule has 2 unspecified atom stereocenters. The number of fused-ring (bicyclic) bond motifs is 1. The van der Waals surface area contributed by atoms with Crippen LogP contribution < -0.4 is 10.1 Å². The predicted octanol–water partition coefficient (Wildman–Crippen LogP) is 2.32. The van der Waals surface area contributed by atoms with Gasteiger partial charge < -0.3 is 10.1 Å². The van der Waals surface area contributed by atoms with Crippen molar-refractivity contribution in [3.63, 3.8) is 0 Å². The quantitative estimate of drug-likeness (QED) is 0.888. The molecule has 0 saturated carbocycles. The summed E-state index contributed by atoms with van der Waals surface area (Å²) in [6, 6.07) is 8.28. The van der Waals surface area contributed by atoms with Gasteiger partial charge in [0.1, 0.15) is 11.9 Å². The van der Waals surface area contributed by atoms with Crippen LogP contribution in [-0.2, 0) is 6.42 Å². The first-order valence-corrected chi connectivity index (χ1v) is 7.45. The lowest BCUT2D eigenvalue weighted by Crippen LogP contribution is -2.35. The highest BCUT2D eigenvalue weighted by molar-refractivity contribution is 8.13. The zero-order valence-electron chi connectivity index (χ0n) is 10.6. The maximum atomic E-state index is 5.89. The summed E-state index contributed by atoms with van der Waals surface area (Å²) in [6.07, 6.45) is 1.24. The lowest BCUT2D eigenvalue weighted by Gasteiger charge is -2.19. The van der Waals surface area contributed by atoms with E-state index in [2.05, 4.69) is 29.4 Å². The number of thioether (sulfide) groups is 1. The maximum absolute atomic E-state index is 5.89. The number of para-hydroxylation sites is 1. The van der Waals surface area contributed by atoms with Crippen LogP contribution in [0.3, 0.4) is 0 Å². The van der Waals surface area contributed by atoms with Crippen molar-refractivity contribution in [2.45, 2.75) is 19.4 Å². The number of hydrogen-bond donors (Lipinski definition) is 1. The Morgan fingerprint density at radius 2 is 2.33 bits per heavy atom. The van der Waals surface area contributed by atoms with E-state index in [4.69, 9.17) is 4.74 Å². The lowest BCUT2D eigenvalue weighted by molar-refractivity contribution is 0.235. The Morgan fingerprint density at radius 3 is 3.11 bits per heavy atom. The number of ether oxygens (including phenoxy) is 1. The largest absolute Gasteiger partial charge is 0.488 e. The minimum atomic E-state index is 0.241. The molecule has 0 bridgehead atoms. The SMILES string of the molecule is CC1CN=C(NCC2Cc3ccccc3O2)SC1. The van der Waals surface area contributed by atoms with Gasteiger partial charge in [0, 0.05) is 18.7 Å². The number of nitrogens with one attached hydrogen (secondary N) is 1. The molecule has 0 radical (unpaired) electrons. The minimum absolute atomic E-state index is 0.241. The van der Waals surface area contributed by atoms with E-state index in [9.17, 15) is 0 Å². The van der Waals surface area contributed by atoms with Crippen LogP contribution in [-0.4, -0.2) is 30.1 Å². The van der Waals surface area contributed by atoms with Gasteiger partial charge in [-0.15, -0.1) is 0 Å². The van der Waals surface area contributed by atoms with Crippen LogP contribution in [0.5, 0.6) is 5.75 Å². The highest BCUT2D eigenvalue weighted by atomic mass is 32.2. The third-order valence-electron chi connectivity index (χ3n) is 3.25. The summed E-state index contributed by atoms with van der Waals surface area (Å²) >= 11 is 1.82. The number of aliphatic imine (C=N–C) groups is 1. The molecule has 18 heavy (non-hydrogen) atoms. The van der Waals surface area contributed by atoms with Gasteiger partial charge in [0.25, 0.3) is 0 Å². The van der Waals surface area contributed by atoms with Crippen molar-refractivity contribution in [3.8, 4) is 5.75 Å². The molecule has 96 valence electrons. The fourth-order valence-corrected chi connectivity index (χ4v) is 3.13. The second kappa shape index (κ2) is 5.22. The van der Waals surface area contributed by atoms with Crippen LogP contribution >= 0.6 is 11.8 Å². The van der Waals surface area contributed by atoms with E-state index in [1.165, 1.54) is 5.56 Å². The molecule has 1 aromatic rings. The molecule has 0 aromatic heterocycles. The van der Waals surface area contributed by atoms with Crippen LogP contribution in [0.4, 0.5) is 0 Å². The Hall–Kier alpha value is -1.16. The fourth-order valence-electron chi connectivity index (χ4n) is 2.23. The van der Waals surface area contributed by atoms with Crippen molar-refractivity contribution in [2.75, 3.05) is 18.8 Å². The number of rotatable bonds is 2. The Kier molecular flexibility index (Phi) is 3.46. The number of nitrogens with zero attached hydrogens (tertiary/aromatic N) is 1. The summed E-state index contributed by atoms with van der Waals surface area (Å²) in [5.74, 6) is 2.90. The van der Waals surface area contributed by atoms with Crippen LogP contribution in [0.25, 0.3) is 0 Å². The number of hydrogen-bond acceptors (Lipinski definition) is 4. The van der Waals surface area contributed by atoms with E-state index in [0.717, 1.165) is 36.2 Å². The smallest absolute Gasteiger partial charge is 0.156 e. The molecule has 4 heteroatoms. The monoisotopic (exact) mass is 262 g/mol. The van der Waals surface area contributed by atoms with Crippen LogP contribution in [0.15, 0.2) is 29.3 Å². The molecule has 1 N–H and O–H groups in total. The molecular weight excluding hydrogens is 244 g/mol. The van der Waals surface area contributed by atoms with Gasteiger partial charge in [-0.25, -0.2) is 0 Å². The third kappa shape index (κ3) is 2.64. The van der Waals surface area contributed by atoms with Gasteiger partial charge in [0.2, 0.25) is 0 Å². The zero-order valence-corrected chi connectivity index (χ0v) is 11.4. The number of amidine groups is 1. The molecule has 3 rings (SSSR count). The second-order valence-electron chi connectivity index (χ2n) is 4.99. The van der Waals surface area contributed by atoms with Crippen molar-refractivity contribution in [3.05, 3.63) is 29.8 Å². The van der Waals surface area contributed by atoms with E-state index in [-0.39, 0.29) is 6.10 Å². The molecule has 1 aromatic carbocycles. The van der Waals surface area contributed by atoms with Crippen LogP contribution in [0, 0.1) is 5.92 Å². The average molecular weight is 262 g/mol. The molecule has 2 atom stereocenters. The molecule has 2 aliphatic rings. The van der Waals surface area contributed by atoms with E-state index in [1.807, 2.05) is 23.9 Å². The van der Waals surface area contributed by atoms with Gasteiger partial charge in [-0.1, -0.05) is 36.9 Å². The Morgan fingerprint density at radius 1 is 1.44 bits per heavy atom. The summed E-state index contributed by atoms with van der Waals surface area (Å²) in [5, 5.41) is 4.48. The summed E-state index contributed by atoms with van der Waals surface area (Å²) in [6.45, 7) is 4.03. The van der Waals surface area contributed by atoms with Crippen molar-refractivity contribution in [1.29, 1.82) is 0 Å². The van der Waals surface area contributed by atoms with Gasteiger partial charge in [-0.3, -0.25) is 4.99 Å². The average Bonchev–Trinajstić information content (AvgIpc) is 2.81. The van der Waals surface area contributed by atoms with E-state index in [1.54, 1.807) is 0 Å². The lowest BCUT2D eigenvalue weighted by atomic mass is 10.1. The van der Waals surface area contributed by atoms with Gasteiger partial charge >= 0.3 is 0 Å². The summed E-state index contributed by atoms with van der Waals surface area (Å²) < 4.78 is 5.89. The third-order valence-corrected chi connectivity index (χ3v) is 4.53. The fraction of sp³-hybridized carbons (Fsp3) is 0.500. The van der Waals surface area contributed by atoms with Crippen molar-refractivity contribution in [1.82, 2.24) is 5.32 Å². The zero-order chi connectivity index (χ0) is 12.4. The van der Waals surface area contributed by atoms with Gasteiger partial charge in [0.05, 0.1) is 6.54 Å². The van der Waals surface area contributed by atoms with E-state index in [0.29, 0.717) is 5.92 Å².